The summed E-state index contributed by atoms with van der Waals surface area (Å²) in [6, 6.07) is 7.65. The third-order valence-electron chi connectivity index (χ3n) is 4.17. The van der Waals surface area contributed by atoms with Gasteiger partial charge in [0.15, 0.2) is 0 Å². The average Bonchev–Trinajstić information content (AvgIpc) is 2.77. The van der Waals surface area contributed by atoms with Crippen molar-refractivity contribution in [1.82, 2.24) is 10.2 Å². The lowest BCUT2D eigenvalue weighted by Gasteiger charge is -2.29. The van der Waals surface area contributed by atoms with Crippen molar-refractivity contribution >= 4 is 11.8 Å². The first-order valence-electron chi connectivity index (χ1n) is 8.37. The Morgan fingerprint density at radius 2 is 2.24 bits per heavy atom. The summed E-state index contributed by atoms with van der Waals surface area (Å²) in [6.45, 7) is 2.83. The van der Waals surface area contributed by atoms with Gasteiger partial charge in [-0.15, -0.1) is 0 Å². The maximum atomic E-state index is 12.2. The zero-order chi connectivity index (χ0) is 18.3. The van der Waals surface area contributed by atoms with E-state index in [-0.39, 0.29) is 31.4 Å². The molecule has 2 amide bonds. The molecule has 0 aliphatic carbocycles. The number of benzene rings is 1. The number of aliphatic hydroxyl groups is 1. The summed E-state index contributed by atoms with van der Waals surface area (Å²) < 4.78 is 10.5. The molecule has 2 rings (SSSR count). The molecular formula is C18H26N2O5. The van der Waals surface area contributed by atoms with Crippen LogP contribution in [0.2, 0.25) is 0 Å². The van der Waals surface area contributed by atoms with Crippen LogP contribution in [0.5, 0.6) is 5.75 Å². The van der Waals surface area contributed by atoms with Crippen LogP contribution in [-0.2, 0) is 20.7 Å². The molecule has 0 unspecified atom stereocenters. The lowest BCUT2D eigenvalue weighted by atomic mass is 9.99. The van der Waals surface area contributed by atoms with Crippen molar-refractivity contribution in [3.8, 4) is 5.75 Å². The second-order valence-corrected chi connectivity index (χ2v) is 6.35. The van der Waals surface area contributed by atoms with Gasteiger partial charge in [0, 0.05) is 20.0 Å². The Labute approximate surface area is 147 Å². The van der Waals surface area contributed by atoms with Crippen molar-refractivity contribution in [2.75, 3.05) is 40.0 Å². The molecule has 0 spiro atoms. The summed E-state index contributed by atoms with van der Waals surface area (Å²) in [5.41, 5.74) is -0.304. The number of hydrogen-bond donors (Lipinski definition) is 2. The first kappa shape index (κ1) is 19.2. The Kier molecular flexibility index (Phi) is 6.78. The minimum absolute atomic E-state index is 0.0418. The molecule has 1 aliphatic heterocycles. The van der Waals surface area contributed by atoms with Crippen LogP contribution in [0.1, 0.15) is 18.9 Å². The van der Waals surface area contributed by atoms with E-state index in [1.54, 1.807) is 7.11 Å². The second-order valence-electron chi connectivity index (χ2n) is 6.35. The van der Waals surface area contributed by atoms with E-state index in [0.717, 1.165) is 11.3 Å². The minimum atomic E-state index is -1.36. The number of carbonyl (C=O) groups is 2. The van der Waals surface area contributed by atoms with E-state index in [1.807, 2.05) is 24.3 Å². The molecule has 25 heavy (non-hydrogen) atoms. The summed E-state index contributed by atoms with van der Waals surface area (Å²) >= 11 is 0. The van der Waals surface area contributed by atoms with E-state index < -0.39 is 5.60 Å². The highest BCUT2D eigenvalue weighted by Crippen LogP contribution is 2.17. The number of amides is 2. The number of β-amino-alcohol motifs (C(OH)–C–C–N with tert-alkyl or cyclic N) is 1. The molecule has 0 aromatic heterocycles. The number of nitrogens with one attached hydrogen (secondary N) is 1. The van der Waals surface area contributed by atoms with Crippen LogP contribution in [0.3, 0.4) is 0 Å². The van der Waals surface area contributed by atoms with Crippen molar-refractivity contribution in [2.24, 2.45) is 0 Å². The SMILES string of the molecule is COc1cccc(CCNC(=O)C[C@]2(O)COCCN(C(C)=O)C2)c1. The van der Waals surface area contributed by atoms with Gasteiger partial charge >= 0.3 is 0 Å². The predicted octanol–water partition coefficient (Wildman–Crippen LogP) is 0.354. The fourth-order valence-electron chi connectivity index (χ4n) is 2.83. The molecule has 1 fully saturated rings. The smallest absolute Gasteiger partial charge is 0.223 e. The maximum absolute atomic E-state index is 12.2. The van der Waals surface area contributed by atoms with E-state index in [9.17, 15) is 14.7 Å². The van der Waals surface area contributed by atoms with Gasteiger partial charge in [0.2, 0.25) is 11.8 Å². The van der Waals surface area contributed by atoms with Gasteiger partial charge in [0.25, 0.3) is 0 Å². The highest BCUT2D eigenvalue weighted by atomic mass is 16.5. The van der Waals surface area contributed by atoms with Crippen molar-refractivity contribution in [2.45, 2.75) is 25.4 Å². The minimum Gasteiger partial charge on any atom is -0.497 e. The third-order valence-corrected chi connectivity index (χ3v) is 4.17. The zero-order valence-corrected chi connectivity index (χ0v) is 14.8. The fraction of sp³-hybridized carbons (Fsp3) is 0.556. The van der Waals surface area contributed by atoms with Crippen molar-refractivity contribution in [3.63, 3.8) is 0 Å². The lowest BCUT2D eigenvalue weighted by molar-refractivity contribution is -0.136. The topological polar surface area (TPSA) is 88.1 Å². The van der Waals surface area contributed by atoms with Crippen molar-refractivity contribution in [1.29, 1.82) is 0 Å². The molecular weight excluding hydrogens is 324 g/mol. The molecule has 0 saturated carbocycles. The molecule has 1 aromatic rings. The second kappa shape index (κ2) is 8.82. The number of nitrogens with zero attached hydrogens (tertiary/aromatic N) is 1. The van der Waals surface area contributed by atoms with Gasteiger partial charge in [-0.25, -0.2) is 0 Å². The molecule has 7 nitrogen and oxygen atoms in total. The molecule has 1 heterocycles. The molecule has 138 valence electrons. The van der Waals surface area contributed by atoms with Gasteiger partial charge < -0.3 is 24.8 Å². The van der Waals surface area contributed by atoms with Gasteiger partial charge in [0.1, 0.15) is 11.4 Å². The lowest BCUT2D eigenvalue weighted by Crippen LogP contribution is -2.48. The monoisotopic (exact) mass is 350 g/mol. The van der Waals surface area contributed by atoms with E-state index in [1.165, 1.54) is 11.8 Å². The van der Waals surface area contributed by atoms with Crippen LogP contribution < -0.4 is 10.1 Å². The summed E-state index contributed by atoms with van der Waals surface area (Å²) in [4.78, 5) is 25.2. The standard InChI is InChI=1S/C18H26N2O5/c1-14(21)20-8-9-25-13-18(23,12-20)11-17(22)19-7-6-15-4-3-5-16(10-15)24-2/h3-5,10,23H,6-9,11-13H2,1-2H3,(H,19,22)/t18-/m1/s1. The first-order valence-corrected chi connectivity index (χ1v) is 8.37. The Morgan fingerprint density at radius 3 is 2.96 bits per heavy atom. The predicted molar refractivity (Wildman–Crippen MR) is 92.3 cm³/mol. The summed E-state index contributed by atoms with van der Waals surface area (Å²) in [7, 11) is 1.61. The van der Waals surface area contributed by atoms with Crippen LogP contribution in [0.4, 0.5) is 0 Å². The van der Waals surface area contributed by atoms with Crippen LogP contribution in [-0.4, -0.2) is 67.4 Å². The Bertz CT molecular complexity index is 607. The van der Waals surface area contributed by atoms with Crippen LogP contribution in [0.15, 0.2) is 24.3 Å². The number of ether oxygens (including phenoxy) is 2. The number of rotatable bonds is 6. The average molecular weight is 350 g/mol. The molecule has 1 aliphatic rings. The normalized spacial score (nSPS) is 20.7. The van der Waals surface area contributed by atoms with Crippen molar-refractivity contribution in [3.05, 3.63) is 29.8 Å². The zero-order valence-electron chi connectivity index (χ0n) is 14.8. The van der Waals surface area contributed by atoms with Gasteiger partial charge in [-0.05, 0) is 24.1 Å². The van der Waals surface area contributed by atoms with Gasteiger partial charge in [-0.1, -0.05) is 12.1 Å². The Balaban J connectivity index is 1.82. The molecule has 0 radical (unpaired) electrons. The van der Waals surface area contributed by atoms with Gasteiger partial charge in [-0.2, -0.15) is 0 Å². The van der Waals surface area contributed by atoms with Crippen LogP contribution in [0.25, 0.3) is 0 Å². The highest BCUT2D eigenvalue weighted by molar-refractivity contribution is 5.77. The molecule has 1 saturated heterocycles. The Morgan fingerprint density at radius 1 is 1.44 bits per heavy atom. The Hall–Kier alpha value is -2.12. The van der Waals surface area contributed by atoms with Crippen LogP contribution >= 0.6 is 0 Å². The number of methoxy groups -OCH3 is 1. The van der Waals surface area contributed by atoms with Gasteiger partial charge in [0.05, 0.1) is 33.3 Å². The maximum Gasteiger partial charge on any atom is 0.223 e. The van der Waals surface area contributed by atoms with E-state index >= 15 is 0 Å². The largest absolute Gasteiger partial charge is 0.497 e. The van der Waals surface area contributed by atoms with E-state index in [0.29, 0.717) is 26.1 Å². The molecule has 1 aromatic carbocycles. The fourth-order valence-corrected chi connectivity index (χ4v) is 2.83. The number of hydrogen-bond acceptors (Lipinski definition) is 5. The molecule has 1 atom stereocenters. The van der Waals surface area contributed by atoms with Crippen molar-refractivity contribution < 1.29 is 24.2 Å². The number of carbonyl (C=O) groups excluding carboxylic acids is 2. The summed E-state index contributed by atoms with van der Waals surface area (Å²) in [5.74, 6) is 0.375. The first-order chi connectivity index (χ1) is 11.9. The quantitative estimate of drug-likeness (QED) is 0.773. The summed E-state index contributed by atoms with van der Waals surface area (Å²) in [6.07, 6.45) is 0.562. The molecule has 0 bridgehead atoms. The van der Waals surface area contributed by atoms with E-state index in [4.69, 9.17) is 9.47 Å². The highest BCUT2D eigenvalue weighted by Gasteiger charge is 2.35. The van der Waals surface area contributed by atoms with Crippen LogP contribution in [0, 0.1) is 0 Å². The van der Waals surface area contributed by atoms with E-state index in [2.05, 4.69) is 5.32 Å². The summed E-state index contributed by atoms with van der Waals surface area (Å²) in [5, 5.41) is 13.4. The molecule has 2 N–H and O–H groups in total. The third kappa shape index (κ3) is 6.03. The molecule has 7 heteroatoms. The van der Waals surface area contributed by atoms with Gasteiger partial charge in [-0.3, -0.25) is 9.59 Å².